The van der Waals surface area contributed by atoms with Gasteiger partial charge in [0.15, 0.2) is 0 Å². The number of hydrogen-bond acceptors (Lipinski definition) is 3. The molecule has 1 aliphatic rings. The normalized spacial score (nSPS) is 32.9. The molecule has 0 aromatic carbocycles. The highest BCUT2D eigenvalue weighted by Crippen LogP contribution is 2.13. The Balaban J connectivity index is 2.49. The molecule has 0 spiro atoms. The molecule has 0 amide bonds. The van der Waals surface area contributed by atoms with Gasteiger partial charge in [0.2, 0.25) is 0 Å². The van der Waals surface area contributed by atoms with Gasteiger partial charge >= 0.3 is 0 Å². The SMILES string of the molecule is C=C(C)N1CC(O)C(O)C1. The zero-order valence-electron chi connectivity index (χ0n) is 6.12. The van der Waals surface area contributed by atoms with Gasteiger partial charge in [-0.25, -0.2) is 0 Å². The fourth-order valence-electron chi connectivity index (χ4n) is 1.08. The van der Waals surface area contributed by atoms with Crippen molar-refractivity contribution in [3.05, 3.63) is 12.3 Å². The number of β-amino-alcohol motifs (C(OH)–C–C–N with tert-alkyl or cyclic N) is 2. The van der Waals surface area contributed by atoms with Gasteiger partial charge in [-0.15, -0.1) is 0 Å². The highest BCUT2D eigenvalue weighted by molar-refractivity contribution is 4.96. The molecule has 58 valence electrons. The monoisotopic (exact) mass is 143 g/mol. The summed E-state index contributed by atoms with van der Waals surface area (Å²) in [5.74, 6) is 0. The van der Waals surface area contributed by atoms with Gasteiger partial charge in [0, 0.05) is 18.8 Å². The predicted molar refractivity (Wildman–Crippen MR) is 38.4 cm³/mol. The first-order chi connectivity index (χ1) is 4.61. The summed E-state index contributed by atoms with van der Waals surface area (Å²) in [5.41, 5.74) is 0.899. The van der Waals surface area contributed by atoms with Crippen molar-refractivity contribution in [3.8, 4) is 0 Å². The van der Waals surface area contributed by atoms with Crippen molar-refractivity contribution in [3.63, 3.8) is 0 Å². The van der Waals surface area contributed by atoms with Gasteiger partial charge in [0.25, 0.3) is 0 Å². The van der Waals surface area contributed by atoms with Crippen LogP contribution in [0.5, 0.6) is 0 Å². The minimum Gasteiger partial charge on any atom is -0.389 e. The van der Waals surface area contributed by atoms with Crippen molar-refractivity contribution in [2.45, 2.75) is 19.1 Å². The lowest BCUT2D eigenvalue weighted by Gasteiger charge is -2.15. The second-order valence-corrected chi connectivity index (χ2v) is 2.77. The summed E-state index contributed by atoms with van der Waals surface area (Å²) in [6.45, 7) is 6.60. The van der Waals surface area contributed by atoms with E-state index in [0.29, 0.717) is 13.1 Å². The zero-order chi connectivity index (χ0) is 7.72. The Morgan fingerprint density at radius 3 is 2.00 bits per heavy atom. The van der Waals surface area contributed by atoms with Crippen molar-refractivity contribution in [2.24, 2.45) is 0 Å². The fraction of sp³-hybridized carbons (Fsp3) is 0.714. The molecular weight excluding hydrogens is 130 g/mol. The topological polar surface area (TPSA) is 43.7 Å². The van der Waals surface area contributed by atoms with E-state index >= 15 is 0 Å². The van der Waals surface area contributed by atoms with Crippen LogP contribution < -0.4 is 0 Å². The first-order valence-electron chi connectivity index (χ1n) is 3.38. The molecule has 1 rings (SSSR count). The summed E-state index contributed by atoms with van der Waals surface area (Å²) < 4.78 is 0. The Bertz CT molecular complexity index is 137. The third-order valence-corrected chi connectivity index (χ3v) is 1.80. The molecule has 10 heavy (non-hydrogen) atoms. The van der Waals surface area contributed by atoms with Gasteiger partial charge in [0.05, 0.1) is 12.2 Å². The molecule has 1 heterocycles. The van der Waals surface area contributed by atoms with Crippen LogP contribution in [0.2, 0.25) is 0 Å². The maximum atomic E-state index is 9.08. The molecule has 3 nitrogen and oxygen atoms in total. The molecule has 2 N–H and O–H groups in total. The van der Waals surface area contributed by atoms with E-state index < -0.39 is 12.2 Å². The van der Waals surface area contributed by atoms with E-state index in [4.69, 9.17) is 10.2 Å². The highest BCUT2D eigenvalue weighted by atomic mass is 16.3. The Kier molecular flexibility index (Phi) is 1.97. The van der Waals surface area contributed by atoms with Crippen molar-refractivity contribution in [1.29, 1.82) is 0 Å². The largest absolute Gasteiger partial charge is 0.389 e. The molecule has 0 aromatic heterocycles. The Labute approximate surface area is 60.6 Å². The maximum Gasteiger partial charge on any atom is 0.0990 e. The molecule has 0 bridgehead atoms. The van der Waals surface area contributed by atoms with Crippen LogP contribution in [-0.2, 0) is 0 Å². The first-order valence-corrected chi connectivity index (χ1v) is 3.38. The lowest BCUT2D eigenvalue weighted by Crippen LogP contribution is -2.22. The summed E-state index contributed by atoms with van der Waals surface area (Å²) in [4.78, 5) is 1.87. The Morgan fingerprint density at radius 2 is 1.80 bits per heavy atom. The number of nitrogens with zero attached hydrogens (tertiary/aromatic N) is 1. The van der Waals surface area contributed by atoms with E-state index in [1.54, 1.807) is 0 Å². The summed E-state index contributed by atoms with van der Waals surface area (Å²) in [5, 5.41) is 18.2. The molecule has 3 heteroatoms. The van der Waals surface area contributed by atoms with Crippen molar-refractivity contribution < 1.29 is 10.2 Å². The van der Waals surface area contributed by atoms with Crippen molar-refractivity contribution in [2.75, 3.05) is 13.1 Å². The van der Waals surface area contributed by atoms with Crippen LogP contribution in [0, 0.1) is 0 Å². The average molecular weight is 143 g/mol. The van der Waals surface area contributed by atoms with Crippen molar-refractivity contribution >= 4 is 0 Å². The third-order valence-electron chi connectivity index (χ3n) is 1.80. The van der Waals surface area contributed by atoms with Gasteiger partial charge in [-0.1, -0.05) is 6.58 Å². The van der Waals surface area contributed by atoms with Crippen LogP contribution in [0.15, 0.2) is 12.3 Å². The number of likely N-dealkylation sites (tertiary alicyclic amines) is 1. The maximum absolute atomic E-state index is 9.08. The minimum absolute atomic E-state index is 0.510. The summed E-state index contributed by atoms with van der Waals surface area (Å²) in [7, 11) is 0. The Morgan fingerprint density at radius 1 is 1.40 bits per heavy atom. The molecule has 0 radical (unpaired) electrons. The summed E-state index contributed by atoms with van der Waals surface area (Å²) in [6.07, 6.45) is -1.20. The number of aliphatic hydroxyl groups is 2. The van der Waals surface area contributed by atoms with Crippen LogP contribution in [-0.4, -0.2) is 40.4 Å². The van der Waals surface area contributed by atoms with Gasteiger partial charge in [-0.3, -0.25) is 0 Å². The van der Waals surface area contributed by atoms with E-state index in [0.717, 1.165) is 5.70 Å². The standard InChI is InChI=1S/C7H13NO2/c1-5(2)8-3-6(9)7(10)4-8/h6-7,9-10H,1,3-4H2,2H3. The third kappa shape index (κ3) is 1.30. The van der Waals surface area contributed by atoms with Crippen LogP contribution >= 0.6 is 0 Å². The Hall–Kier alpha value is -0.540. The van der Waals surface area contributed by atoms with Gasteiger partial charge in [-0.2, -0.15) is 0 Å². The minimum atomic E-state index is -0.600. The molecule has 1 aliphatic heterocycles. The van der Waals surface area contributed by atoms with E-state index in [1.807, 2.05) is 11.8 Å². The molecule has 2 unspecified atom stereocenters. The predicted octanol–water partition coefficient (Wildman–Crippen LogP) is -0.443. The average Bonchev–Trinajstić information content (AvgIpc) is 2.13. The van der Waals surface area contributed by atoms with Crippen LogP contribution in [0.25, 0.3) is 0 Å². The number of allylic oxidation sites excluding steroid dienone is 1. The highest BCUT2D eigenvalue weighted by Gasteiger charge is 2.28. The molecule has 2 atom stereocenters. The summed E-state index contributed by atoms with van der Waals surface area (Å²) in [6, 6.07) is 0. The molecule has 1 fully saturated rings. The molecule has 0 aliphatic carbocycles. The van der Waals surface area contributed by atoms with E-state index in [1.165, 1.54) is 0 Å². The van der Waals surface area contributed by atoms with E-state index in [2.05, 4.69) is 6.58 Å². The van der Waals surface area contributed by atoms with Gasteiger partial charge < -0.3 is 15.1 Å². The smallest absolute Gasteiger partial charge is 0.0990 e. The molecule has 0 aromatic rings. The van der Waals surface area contributed by atoms with Crippen LogP contribution in [0.1, 0.15) is 6.92 Å². The fourth-order valence-corrected chi connectivity index (χ4v) is 1.08. The molecule has 0 saturated carbocycles. The molecular formula is C7H13NO2. The van der Waals surface area contributed by atoms with E-state index in [9.17, 15) is 0 Å². The number of hydrogen-bond donors (Lipinski definition) is 2. The number of rotatable bonds is 1. The quantitative estimate of drug-likeness (QED) is 0.523. The second-order valence-electron chi connectivity index (χ2n) is 2.77. The lowest BCUT2D eigenvalue weighted by atomic mass is 10.3. The zero-order valence-corrected chi connectivity index (χ0v) is 6.12. The lowest BCUT2D eigenvalue weighted by molar-refractivity contribution is 0.0572. The molecule has 1 saturated heterocycles. The van der Waals surface area contributed by atoms with E-state index in [-0.39, 0.29) is 0 Å². The van der Waals surface area contributed by atoms with Crippen LogP contribution in [0.4, 0.5) is 0 Å². The summed E-state index contributed by atoms with van der Waals surface area (Å²) >= 11 is 0. The number of aliphatic hydroxyl groups excluding tert-OH is 2. The van der Waals surface area contributed by atoms with Crippen LogP contribution in [0.3, 0.4) is 0 Å². The van der Waals surface area contributed by atoms with Crippen molar-refractivity contribution in [1.82, 2.24) is 4.90 Å². The first kappa shape index (κ1) is 7.57. The second kappa shape index (κ2) is 2.60. The van der Waals surface area contributed by atoms with Gasteiger partial charge in [-0.05, 0) is 6.92 Å². The van der Waals surface area contributed by atoms with Gasteiger partial charge in [0.1, 0.15) is 0 Å².